The van der Waals surface area contributed by atoms with Crippen molar-refractivity contribution >= 4 is 11.7 Å². The Morgan fingerprint density at radius 2 is 1.69 bits per heavy atom. The number of piperazine rings is 1. The maximum Gasteiger partial charge on any atom is 0.321 e. The average molecular weight is 390 g/mol. The zero-order chi connectivity index (χ0) is 20.2. The second-order valence-electron chi connectivity index (χ2n) is 7.45. The molecule has 3 aromatic rings. The SMILES string of the molecule is Cc1ccc(-c2nc(CN3CCN(C(=O)Nc4ccccc4)CC3)c(C)o2)cc1. The summed E-state index contributed by atoms with van der Waals surface area (Å²) in [7, 11) is 0. The van der Waals surface area contributed by atoms with E-state index in [4.69, 9.17) is 9.40 Å². The maximum atomic E-state index is 12.4. The fourth-order valence-corrected chi connectivity index (χ4v) is 3.44. The van der Waals surface area contributed by atoms with Crippen LogP contribution in [-0.4, -0.2) is 47.0 Å². The smallest absolute Gasteiger partial charge is 0.321 e. The number of benzene rings is 2. The molecule has 150 valence electrons. The third-order valence-electron chi connectivity index (χ3n) is 5.25. The minimum absolute atomic E-state index is 0.0462. The lowest BCUT2D eigenvalue weighted by molar-refractivity contribution is 0.141. The van der Waals surface area contributed by atoms with E-state index in [-0.39, 0.29) is 6.03 Å². The number of rotatable bonds is 4. The highest BCUT2D eigenvalue weighted by atomic mass is 16.4. The molecule has 0 aliphatic carbocycles. The molecule has 0 unspecified atom stereocenters. The molecule has 0 radical (unpaired) electrons. The molecule has 1 aliphatic heterocycles. The van der Waals surface area contributed by atoms with Gasteiger partial charge in [-0.2, -0.15) is 0 Å². The number of anilines is 1. The summed E-state index contributed by atoms with van der Waals surface area (Å²) in [6, 6.07) is 17.7. The van der Waals surface area contributed by atoms with E-state index in [1.165, 1.54) is 5.56 Å². The van der Waals surface area contributed by atoms with Gasteiger partial charge in [0.1, 0.15) is 5.76 Å². The first-order chi connectivity index (χ1) is 14.1. The summed E-state index contributed by atoms with van der Waals surface area (Å²) < 4.78 is 5.90. The fraction of sp³-hybridized carbons (Fsp3) is 0.304. The number of carbonyl (C=O) groups is 1. The molecule has 0 spiro atoms. The Labute approximate surface area is 171 Å². The number of para-hydroxylation sites is 1. The number of aromatic nitrogens is 1. The van der Waals surface area contributed by atoms with Gasteiger partial charge in [-0.3, -0.25) is 4.90 Å². The van der Waals surface area contributed by atoms with Gasteiger partial charge in [0.05, 0.1) is 5.69 Å². The summed E-state index contributed by atoms with van der Waals surface area (Å²) in [5.41, 5.74) is 3.99. The number of aryl methyl sites for hydroxylation is 2. The highest BCUT2D eigenvalue weighted by Gasteiger charge is 2.23. The Balaban J connectivity index is 1.33. The lowest BCUT2D eigenvalue weighted by atomic mass is 10.1. The van der Waals surface area contributed by atoms with Gasteiger partial charge in [-0.25, -0.2) is 9.78 Å². The van der Waals surface area contributed by atoms with Gasteiger partial charge in [-0.1, -0.05) is 35.9 Å². The van der Waals surface area contributed by atoms with Crippen molar-refractivity contribution in [2.75, 3.05) is 31.5 Å². The monoisotopic (exact) mass is 390 g/mol. The van der Waals surface area contributed by atoms with Crippen molar-refractivity contribution < 1.29 is 9.21 Å². The summed E-state index contributed by atoms with van der Waals surface area (Å²) in [6.45, 7) is 7.78. The standard InChI is InChI=1S/C23H26N4O2/c1-17-8-10-19(11-9-17)22-25-21(18(2)29-22)16-26-12-14-27(15-13-26)23(28)24-20-6-4-3-5-7-20/h3-11H,12-16H2,1-2H3,(H,24,28). The van der Waals surface area contributed by atoms with Gasteiger partial charge in [-0.05, 0) is 38.1 Å². The van der Waals surface area contributed by atoms with E-state index in [9.17, 15) is 4.79 Å². The van der Waals surface area contributed by atoms with Gasteiger partial charge in [-0.15, -0.1) is 0 Å². The number of hydrogen-bond donors (Lipinski definition) is 1. The lowest BCUT2D eigenvalue weighted by Gasteiger charge is -2.34. The quantitative estimate of drug-likeness (QED) is 0.721. The molecule has 0 atom stereocenters. The lowest BCUT2D eigenvalue weighted by Crippen LogP contribution is -2.49. The molecule has 1 aliphatic rings. The number of urea groups is 1. The molecular formula is C23H26N4O2. The van der Waals surface area contributed by atoms with Gasteiger partial charge < -0.3 is 14.6 Å². The minimum atomic E-state index is -0.0462. The van der Waals surface area contributed by atoms with E-state index in [1.54, 1.807) is 0 Å². The molecule has 2 heterocycles. The zero-order valence-electron chi connectivity index (χ0n) is 16.9. The van der Waals surface area contributed by atoms with Crippen LogP contribution in [0.2, 0.25) is 0 Å². The topological polar surface area (TPSA) is 61.6 Å². The molecule has 1 aromatic heterocycles. The summed E-state index contributed by atoms with van der Waals surface area (Å²) in [5, 5.41) is 2.95. The molecule has 0 saturated carbocycles. The average Bonchev–Trinajstić information content (AvgIpc) is 3.10. The van der Waals surface area contributed by atoms with Crippen molar-refractivity contribution in [2.24, 2.45) is 0 Å². The van der Waals surface area contributed by atoms with Crippen LogP contribution in [0.4, 0.5) is 10.5 Å². The van der Waals surface area contributed by atoms with Gasteiger partial charge in [0, 0.05) is 44.0 Å². The Bertz CT molecular complexity index is 958. The highest BCUT2D eigenvalue weighted by Crippen LogP contribution is 2.23. The molecular weight excluding hydrogens is 364 g/mol. The number of nitrogens with zero attached hydrogens (tertiary/aromatic N) is 3. The molecule has 1 N–H and O–H groups in total. The minimum Gasteiger partial charge on any atom is -0.441 e. The van der Waals surface area contributed by atoms with Crippen molar-refractivity contribution in [1.82, 2.24) is 14.8 Å². The van der Waals surface area contributed by atoms with Crippen molar-refractivity contribution in [1.29, 1.82) is 0 Å². The van der Waals surface area contributed by atoms with Gasteiger partial charge in [0.25, 0.3) is 0 Å². The van der Waals surface area contributed by atoms with Gasteiger partial charge in [0.2, 0.25) is 5.89 Å². The first-order valence-corrected chi connectivity index (χ1v) is 9.95. The molecule has 1 saturated heterocycles. The second kappa shape index (κ2) is 8.49. The van der Waals surface area contributed by atoms with Crippen LogP contribution < -0.4 is 5.32 Å². The van der Waals surface area contributed by atoms with Crippen molar-refractivity contribution in [3.8, 4) is 11.5 Å². The van der Waals surface area contributed by atoms with Crippen LogP contribution in [0.25, 0.3) is 11.5 Å². The van der Waals surface area contributed by atoms with Crippen LogP contribution in [0.1, 0.15) is 17.0 Å². The number of carbonyl (C=O) groups excluding carboxylic acids is 1. The number of amides is 2. The molecule has 0 bridgehead atoms. The Morgan fingerprint density at radius 3 is 2.38 bits per heavy atom. The predicted molar refractivity (Wildman–Crippen MR) is 114 cm³/mol. The number of oxazole rings is 1. The number of hydrogen-bond acceptors (Lipinski definition) is 4. The maximum absolute atomic E-state index is 12.4. The summed E-state index contributed by atoms with van der Waals surface area (Å²) >= 11 is 0. The van der Waals surface area contributed by atoms with Crippen LogP contribution in [0.5, 0.6) is 0 Å². The van der Waals surface area contributed by atoms with Crippen LogP contribution in [-0.2, 0) is 6.54 Å². The molecule has 6 heteroatoms. The Kier molecular flexibility index (Phi) is 5.62. The van der Waals surface area contributed by atoms with Crippen LogP contribution >= 0.6 is 0 Å². The molecule has 29 heavy (non-hydrogen) atoms. The third-order valence-corrected chi connectivity index (χ3v) is 5.25. The number of nitrogens with one attached hydrogen (secondary N) is 1. The van der Waals surface area contributed by atoms with Crippen molar-refractivity contribution in [3.05, 3.63) is 71.6 Å². The van der Waals surface area contributed by atoms with Crippen LogP contribution in [0.15, 0.2) is 59.0 Å². The van der Waals surface area contributed by atoms with E-state index < -0.39 is 0 Å². The van der Waals surface area contributed by atoms with E-state index in [2.05, 4.69) is 29.3 Å². The largest absolute Gasteiger partial charge is 0.441 e. The zero-order valence-corrected chi connectivity index (χ0v) is 16.9. The Morgan fingerprint density at radius 1 is 1.00 bits per heavy atom. The van der Waals surface area contributed by atoms with Crippen LogP contribution in [0.3, 0.4) is 0 Å². The van der Waals surface area contributed by atoms with Gasteiger partial charge >= 0.3 is 6.03 Å². The van der Waals surface area contributed by atoms with Crippen molar-refractivity contribution in [3.63, 3.8) is 0 Å². The normalized spacial score (nSPS) is 14.8. The van der Waals surface area contributed by atoms with E-state index in [0.29, 0.717) is 19.0 Å². The highest BCUT2D eigenvalue weighted by molar-refractivity contribution is 5.89. The molecule has 4 rings (SSSR count). The first-order valence-electron chi connectivity index (χ1n) is 9.95. The summed E-state index contributed by atoms with van der Waals surface area (Å²) in [5.74, 6) is 1.52. The third kappa shape index (κ3) is 4.66. The predicted octanol–water partition coefficient (Wildman–Crippen LogP) is 4.31. The van der Waals surface area contributed by atoms with Crippen LogP contribution in [0, 0.1) is 13.8 Å². The van der Waals surface area contributed by atoms with E-state index in [0.717, 1.165) is 42.3 Å². The second-order valence-corrected chi connectivity index (χ2v) is 7.45. The Hall–Kier alpha value is -3.12. The fourth-order valence-electron chi connectivity index (χ4n) is 3.44. The summed E-state index contributed by atoms with van der Waals surface area (Å²) in [4.78, 5) is 21.3. The van der Waals surface area contributed by atoms with E-state index in [1.807, 2.05) is 54.3 Å². The molecule has 1 fully saturated rings. The van der Waals surface area contributed by atoms with Gasteiger partial charge in [0.15, 0.2) is 0 Å². The first kappa shape index (κ1) is 19.2. The summed E-state index contributed by atoms with van der Waals surface area (Å²) in [6.07, 6.45) is 0. The molecule has 2 aromatic carbocycles. The molecule has 2 amide bonds. The molecule has 6 nitrogen and oxygen atoms in total. The van der Waals surface area contributed by atoms with Crippen molar-refractivity contribution in [2.45, 2.75) is 20.4 Å². The van der Waals surface area contributed by atoms with E-state index >= 15 is 0 Å².